The zero-order valence-corrected chi connectivity index (χ0v) is 21.8. The van der Waals surface area contributed by atoms with Crippen LogP contribution in [0.15, 0.2) is 33.9 Å². The van der Waals surface area contributed by atoms with Crippen molar-refractivity contribution >= 4 is 27.4 Å². The highest BCUT2D eigenvalue weighted by Gasteiger charge is 2.43. The lowest BCUT2D eigenvalue weighted by Crippen LogP contribution is -2.59. The fraction of sp³-hybridized carbons (Fsp3) is 0.500. The second-order valence-electron chi connectivity index (χ2n) is 9.74. The number of nitrogens with zero attached hydrogens (tertiary/aromatic N) is 5. The van der Waals surface area contributed by atoms with Gasteiger partial charge in [0.25, 0.3) is 0 Å². The van der Waals surface area contributed by atoms with Gasteiger partial charge in [0.1, 0.15) is 24.1 Å². The molecule has 37 heavy (non-hydrogen) atoms. The van der Waals surface area contributed by atoms with Crippen molar-refractivity contribution in [1.29, 1.82) is 0 Å². The van der Waals surface area contributed by atoms with E-state index in [1.165, 1.54) is 18.5 Å². The molecule has 2 aliphatic rings. The summed E-state index contributed by atoms with van der Waals surface area (Å²) < 4.78 is 55.6. The highest BCUT2D eigenvalue weighted by molar-refractivity contribution is 7.90. The molecule has 198 valence electrons. The number of rotatable bonds is 7. The van der Waals surface area contributed by atoms with Crippen LogP contribution in [0.2, 0.25) is 0 Å². The Labute approximate surface area is 214 Å². The van der Waals surface area contributed by atoms with Gasteiger partial charge in [0.05, 0.1) is 41.4 Å². The lowest BCUT2D eigenvalue weighted by molar-refractivity contribution is 0.00425. The van der Waals surface area contributed by atoms with Gasteiger partial charge in [0.2, 0.25) is 5.88 Å². The molecule has 2 aromatic heterocycles. The Morgan fingerprint density at radius 2 is 1.92 bits per heavy atom. The van der Waals surface area contributed by atoms with Crippen LogP contribution in [0.3, 0.4) is 0 Å². The molecular formula is C24H29FN6O5S. The van der Waals surface area contributed by atoms with Crippen LogP contribution in [0.1, 0.15) is 44.0 Å². The lowest BCUT2D eigenvalue weighted by Gasteiger charge is -2.47. The van der Waals surface area contributed by atoms with Crippen molar-refractivity contribution in [1.82, 2.24) is 20.1 Å². The molecule has 0 saturated carbocycles. The average molecular weight is 533 g/mol. The number of halogens is 1. The summed E-state index contributed by atoms with van der Waals surface area (Å²) in [6, 6.07) is 4.23. The largest absolute Gasteiger partial charge is 0.474 e. The SMILES string of the molecule is Cc1c(Nc2ccc(S(C)(=O)=O)cc2F)ncnc1OC1CC2COCC(C1)N2c1nc(C(C)C)no1. The number of hydrogen-bond acceptors (Lipinski definition) is 11. The first-order chi connectivity index (χ1) is 17.6. The minimum atomic E-state index is -3.52. The van der Waals surface area contributed by atoms with Gasteiger partial charge in [-0.05, 0) is 25.1 Å². The predicted octanol–water partition coefficient (Wildman–Crippen LogP) is 3.39. The summed E-state index contributed by atoms with van der Waals surface area (Å²) in [6.45, 7) is 6.86. The van der Waals surface area contributed by atoms with E-state index in [1.54, 1.807) is 6.92 Å². The highest BCUT2D eigenvalue weighted by atomic mass is 32.2. The maximum Gasteiger partial charge on any atom is 0.324 e. The van der Waals surface area contributed by atoms with E-state index < -0.39 is 15.7 Å². The van der Waals surface area contributed by atoms with Gasteiger partial charge in [-0.2, -0.15) is 4.98 Å². The number of anilines is 3. The molecular weight excluding hydrogens is 503 g/mol. The molecule has 4 heterocycles. The van der Waals surface area contributed by atoms with Crippen LogP contribution in [0.25, 0.3) is 0 Å². The summed E-state index contributed by atoms with van der Waals surface area (Å²) in [5.74, 6) is 0.896. The molecule has 2 aliphatic heterocycles. The summed E-state index contributed by atoms with van der Waals surface area (Å²) in [5.41, 5.74) is 0.705. The number of piperidine rings is 1. The number of aromatic nitrogens is 4. The van der Waals surface area contributed by atoms with E-state index in [9.17, 15) is 12.8 Å². The van der Waals surface area contributed by atoms with Gasteiger partial charge < -0.3 is 24.2 Å². The molecule has 2 fully saturated rings. The van der Waals surface area contributed by atoms with Gasteiger partial charge in [-0.15, -0.1) is 0 Å². The lowest BCUT2D eigenvalue weighted by atomic mass is 9.92. The van der Waals surface area contributed by atoms with E-state index in [4.69, 9.17) is 14.0 Å². The molecule has 0 radical (unpaired) electrons. The van der Waals surface area contributed by atoms with E-state index in [2.05, 4.69) is 30.3 Å². The van der Waals surface area contributed by atoms with E-state index in [0.717, 1.165) is 12.3 Å². The maximum absolute atomic E-state index is 14.6. The van der Waals surface area contributed by atoms with Gasteiger partial charge in [-0.3, -0.25) is 0 Å². The summed E-state index contributed by atoms with van der Waals surface area (Å²) in [6.07, 6.45) is 3.59. The van der Waals surface area contributed by atoms with Crippen molar-refractivity contribution in [2.75, 3.05) is 29.7 Å². The van der Waals surface area contributed by atoms with Crippen molar-refractivity contribution in [2.24, 2.45) is 0 Å². The van der Waals surface area contributed by atoms with Crippen LogP contribution >= 0.6 is 0 Å². The molecule has 0 spiro atoms. The topological polar surface area (TPSA) is 133 Å². The molecule has 5 rings (SSSR count). The van der Waals surface area contributed by atoms with Crippen LogP contribution in [0.5, 0.6) is 5.88 Å². The zero-order chi connectivity index (χ0) is 26.3. The second-order valence-corrected chi connectivity index (χ2v) is 11.8. The molecule has 2 unspecified atom stereocenters. The Hall–Kier alpha value is -3.32. The third kappa shape index (κ3) is 5.23. The van der Waals surface area contributed by atoms with Crippen molar-refractivity contribution in [3.63, 3.8) is 0 Å². The molecule has 1 N–H and O–H groups in total. The van der Waals surface area contributed by atoms with Gasteiger partial charge >= 0.3 is 6.01 Å². The Balaban J connectivity index is 1.31. The Bertz CT molecular complexity index is 1380. The highest BCUT2D eigenvalue weighted by Crippen LogP contribution is 2.35. The quantitative estimate of drug-likeness (QED) is 0.480. The van der Waals surface area contributed by atoms with Gasteiger partial charge in [-0.25, -0.2) is 22.8 Å². The smallest absolute Gasteiger partial charge is 0.324 e. The molecule has 11 nitrogen and oxygen atoms in total. The molecule has 0 amide bonds. The second kappa shape index (κ2) is 9.86. The summed E-state index contributed by atoms with van der Waals surface area (Å²) in [7, 11) is -3.52. The number of fused-ring (bicyclic) bond motifs is 2. The molecule has 3 aromatic rings. The molecule has 1 aromatic carbocycles. The Kier molecular flexibility index (Phi) is 6.75. The fourth-order valence-corrected chi connectivity index (χ4v) is 5.26. The van der Waals surface area contributed by atoms with Crippen molar-refractivity contribution in [2.45, 2.75) is 62.6 Å². The normalized spacial score (nSPS) is 21.8. The zero-order valence-electron chi connectivity index (χ0n) is 21.0. The Morgan fingerprint density at radius 3 is 2.54 bits per heavy atom. The van der Waals surface area contributed by atoms with Crippen LogP contribution in [-0.4, -0.2) is 66.2 Å². The van der Waals surface area contributed by atoms with Crippen molar-refractivity contribution in [3.8, 4) is 5.88 Å². The first kappa shape index (κ1) is 25.3. The Morgan fingerprint density at radius 1 is 1.19 bits per heavy atom. The number of ether oxygens (including phenoxy) is 2. The van der Waals surface area contributed by atoms with Crippen molar-refractivity contribution < 1.29 is 26.8 Å². The summed E-state index contributed by atoms with van der Waals surface area (Å²) >= 11 is 0. The summed E-state index contributed by atoms with van der Waals surface area (Å²) in [5, 5.41) is 7.02. The number of sulfone groups is 1. The van der Waals surface area contributed by atoms with Gasteiger partial charge in [0, 0.05) is 25.0 Å². The number of nitrogens with one attached hydrogen (secondary N) is 1. The van der Waals surface area contributed by atoms with Gasteiger partial charge in [0.15, 0.2) is 15.7 Å². The standard InChI is InChI=1S/C24H29FN6O5S/c1-13(2)21-29-24(36-30-21)31-15-7-17(8-16(31)11-34-10-15)35-23-14(3)22(26-12-27-23)28-20-6-5-18(9-19(20)25)37(4,32)33/h5-6,9,12-13,15-17H,7-8,10-11H2,1-4H3,(H,26,27,28). The van der Waals surface area contributed by atoms with Gasteiger partial charge in [-0.1, -0.05) is 19.0 Å². The third-order valence-electron chi connectivity index (χ3n) is 6.58. The molecule has 2 atom stereocenters. The number of morpholine rings is 1. The monoisotopic (exact) mass is 532 g/mol. The minimum absolute atomic E-state index is 0.0140. The minimum Gasteiger partial charge on any atom is -0.474 e. The summed E-state index contributed by atoms with van der Waals surface area (Å²) in [4.78, 5) is 15.1. The van der Waals surface area contributed by atoms with E-state index in [1.807, 2.05) is 13.8 Å². The first-order valence-electron chi connectivity index (χ1n) is 12.0. The molecule has 2 saturated heterocycles. The average Bonchev–Trinajstić information content (AvgIpc) is 3.32. The van der Waals surface area contributed by atoms with Crippen LogP contribution in [0.4, 0.5) is 21.9 Å². The molecule has 0 aliphatic carbocycles. The number of hydrogen-bond donors (Lipinski definition) is 1. The van der Waals surface area contributed by atoms with Crippen LogP contribution < -0.4 is 15.0 Å². The first-order valence-corrected chi connectivity index (χ1v) is 13.9. The van der Waals surface area contributed by atoms with Crippen LogP contribution in [-0.2, 0) is 14.6 Å². The van der Waals surface area contributed by atoms with Crippen LogP contribution in [0, 0.1) is 12.7 Å². The van der Waals surface area contributed by atoms with E-state index >= 15 is 0 Å². The fourth-order valence-electron chi connectivity index (χ4n) is 4.63. The third-order valence-corrected chi connectivity index (χ3v) is 7.69. The van der Waals surface area contributed by atoms with E-state index in [-0.39, 0.29) is 34.7 Å². The van der Waals surface area contributed by atoms with Crippen molar-refractivity contribution in [3.05, 3.63) is 41.7 Å². The maximum atomic E-state index is 14.6. The number of benzene rings is 1. The molecule has 13 heteroatoms. The van der Waals surface area contributed by atoms with E-state index in [0.29, 0.717) is 55.2 Å². The predicted molar refractivity (Wildman–Crippen MR) is 132 cm³/mol. The molecule has 2 bridgehead atoms.